The molecule has 0 atom stereocenters. The first kappa shape index (κ1) is 24.7. The minimum absolute atomic E-state index is 0.175. The molecule has 38 heavy (non-hydrogen) atoms. The van der Waals surface area contributed by atoms with E-state index >= 15 is 0 Å². The van der Waals surface area contributed by atoms with Crippen molar-refractivity contribution in [3.8, 4) is 0 Å². The molecule has 8 nitrogen and oxygen atoms in total. The van der Waals surface area contributed by atoms with Gasteiger partial charge >= 0.3 is 0 Å². The second-order valence-corrected chi connectivity index (χ2v) is 8.55. The zero-order valence-corrected chi connectivity index (χ0v) is 20.7. The highest BCUT2D eigenvalue weighted by molar-refractivity contribution is 6.31. The summed E-state index contributed by atoms with van der Waals surface area (Å²) in [5, 5.41) is 6.59. The third-order valence-electron chi connectivity index (χ3n) is 6.01. The first-order valence-electron chi connectivity index (χ1n) is 12.4. The average molecular weight is 503 g/mol. The highest BCUT2D eigenvalue weighted by atomic mass is 16.1. The first-order valence-corrected chi connectivity index (χ1v) is 12.4. The van der Waals surface area contributed by atoms with Crippen LogP contribution in [0.1, 0.15) is 43.2 Å². The molecule has 0 fully saturated rings. The number of aliphatic imine (C=N–C) groups is 2. The molecule has 0 amide bonds. The van der Waals surface area contributed by atoms with Crippen LogP contribution in [0.15, 0.2) is 95.2 Å². The van der Waals surface area contributed by atoms with Crippen LogP contribution in [0.2, 0.25) is 0 Å². The fraction of sp³-hybridized carbons (Fsp3) is 0.133. The van der Waals surface area contributed by atoms with Crippen molar-refractivity contribution in [1.29, 1.82) is 0 Å². The maximum atomic E-state index is 13.5. The van der Waals surface area contributed by atoms with Crippen LogP contribution in [0.4, 0.5) is 11.4 Å². The molecular weight excluding hydrogens is 476 g/mol. The van der Waals surface area contributed by atoms with Crippen LogP contribution in [0, 0.1) is 0 Å². The van der Waals surface area contributed by atoms with Crippen LogP contribution in [-0.2, 0) is 0 Å². The summed E-state index contributed by atoms with van der Waals surface area (Å²) in [4.78, 5) is 44.3. The number of nitrogens with one attached hydrogen (secondary N) is 2. The van der Waals surface area contributed by atoms with Gasteiger partial charge in [0.15, 0.2) is 11.6 Å². The topological polar surface area (TPSA) is 109 Å². The molecule has 4 aromatic rings. The fourth-order valence-corrected chi connectivity index (χ4v) is 4.25. The molecule has 5 rings (SSSR count). The number of carbonyl (C=O) groups excluding carboxylic acids is 2. The van der Waals surface area contributed by atoms with Crippen molar-refractivity contribution in [2.24, 2.45) is 9.98 Å². The van der Waals surface area contributed by atoms with Crippen LogP contribution < -0.4 is 10.6 Å². The predicted molar refractivity (Wildman–Crippen MR) is 150 cm³/mol. The van der Waals surface area contributed by atoms with Crippen LogP contribution in [0.25, 0.3) is 0 Å². The van der Waals surface area contributed by atoms with E-state index < -0.39 is 0 Å². The van der Waals surface area contributed by atoms with Crippen molar-refractivity contribution in [2.45, 2.75) is 0 Å². The largest absolute Gasteiger partial charge is 0.383 e. The van der Waals surface area contributed by atoms with Crippen molar-refractivity contribution in [2.75, 3.05) is 36.8 Å². The molecule has 0 bridgehead atoms. The lowest BCUT2D eigenvalue weighted by Gasteiger charge is -2.23. The van der Waals surface area contributed by atoms with E-state index in [1.54, 1.807) is 49.1 Å². The fourth-order valence-electron chi connectivity index (χ4n) is 4.25. The minimum Gasteiger partial charge on any atom is -0.383 e. The summed E-state index contributed by atoms with van der Waals surface area (Å²) in [6.45, 7) is 1.96. The lowest BCUT2D eigenvalue weighted by atomic mass is 9.82. The van der Waals surface area contributed by atoms with E-state index in [1.807, 2.05) is 48.5 Å². The zero-order chi connectivity index (χ0) is 26.2. The number of hydrogen-bond acceptors (Lipinski definition) is 8. The monoisotopic (exact) mass is 502 g/mol. The second-order valence-electron chi connectivity index (χ2n) is 8.55. The SMILES string of the molecule is O=C1c2ccccc2C(=O)c2c(NCC/N=C/c3ccccn3)ccc(NCC/N=C/c3ccccn3)c21. The molecule has 8 heteroatoms. The van der Waals surface area contributed by atoms with Crippen molar-refractivity contribution < 1.29 is 9.59 Å². The van der Waals surface area contributed by atoms with Gasteiger partial charge in [-0.15, -0.1) is 0 Å². The van der Waals surface area contributed by atoms with Gasteiger partial charge in [0.2, 0.25) is 0 Å². The highest BCUT2D eigenvalue weighted by Crippen LogP contribution is 2.36. The number of benzene rings is 2. The van der Waals surface area contributed by atoms with Gasteiger partial charge in [-0.05, 0) is 36.4 Å². The summed E-state index contributed by atoms with van der Waals surface area (Å²) in [6.07, 6.45) is 6.86. The van der Waals surface area contributed by atoms with E-state index in [-0.39, 0.29) is 11.6 Å². The van der Waals surface area contributed by atoms with Crippen LogP contribution >= 0.6 is 0 Å². The van der Waals surface area contributed by atoms with Crippen molar-refractivity contribution in [3.05, 3.63) is 119 Å². The molecule has 0 unspecified atom stereocenters. The molecule has 2 aromatic carbocycles. The van der Waals surface area contributed by atoms with Crippen LogP contribution in [0.5, 0.6) is 0 Å². The summed E-state index contributed by atoms with van der Waals surface area (Å²) >= 11 is 0. The third kappa shape index (κ3) is 5.54. The number of aromatic nitrogens is 2. The van der Waals surface area contributed by atoms with Gasteiger partial charge < -0.3 is 10.6 Å². The Kier molecular flexibility index (Phi) is 7.69. The number of pyridine rings is 2. The van der Waals surface area contributed by atoms with E-state index in [1.165, 1.54) is 0 Å². The lowest BCUT2D eigenvalue weighted by Crippen LogP contribution is -2.25. The molecule has 2 aromatic heterocycles. The highest BCUT2D eigenvalue weighted by Gasteiger charge is 2.33. The standard InChI is InChI=1S/C30H26N6O2/c37-29-23-9-1-2-10-24(23)30(38)28-26(36-18-16-32-20-22-8-4-6-14-34-22)12-11-25(27(28)29)35-17-15-31-19-21-7-3-5-13-33-21/h1-14,19-20,35-36H,15-18H2/b31-19+,32-20+. The molecule has 0 saturated carbocycles. The Morgan fingerprint density at radius 1 is 0.605 bits per heavy atom. The normalized spacial score (nSPS) is 12.5. The quantitative estimate of drug-likeness (QED) is 0.218. The first-order chi connectivity index (χ1) is 18.7. The number of ketones is 2. The number of rotatable bonds is 10. The Morgan fingerprint density at radius 2 is 1.05 bits per heavy atom. The van der Waals surface area contributed by atoms with Gasteiger partial charge in [-0.2, -0.15) is 0 Å². The predicted octanol–water partition coefficient (Wildman–Crippen LogP) is 4.31. The smallest absolute Gasteiger partial charge is 0.196 e. The molecular formula is C30H26N6O2. The Labute approximate surface area is 220 Å². The van der Waals surface area contributed by atoms with Gasteiger partial charge in [-0.1, -0.05) is 36.4 Å². The Bertz CT molecular complexity index is 1390. The van der Waals surface area contributed by atoms with E-state index in [2.05, 4.69) is 30.6 Å². The molecule has 0 radical (unpaired) electrons. The van der Waals surface area contributed by atoms with Crippen molar-refractivity contribution >= 4 is 35.4 Å². The maximum absolute atomic E-state index is 13.5. The number of nitrogens with zero attached hydrogens (tertiary/aromatic N) is 4. The van der Waals surface area contributed by atoms with Crippen molar-refractivity contribution in [1.82, 2.24) is 9.97 Å². The molecule has 188 valence electrons. The maximum Gasteiger partial charge on any atom is 0.196 e. The Hall–Kier alpha value is -4.98. The Morgan fingerprint density at radius 3 is 1.47 bits per heavy atom. The van der Waals surface area contributed by atoms with Crippen molar-refractivity contribution in [3.63, 3.8) is 0 Å². The molecule has 1 aliphatic carbocycles. The lowest BCUT2D eigenvalue weighted by molar-refractivity contribution is 0.0980. The Balaban J connectivity index is 1.33. The summed E-state index contributed by atoms with van der Waals surface area (Å²) in [7, 11) is 0. The van der Waals surface area contributed by atoms with Crippen LogP contribution in [-0.4, -0.2) is 60.1 Å². The van der Waals surface area contributed by atoms with E-state index in [4.69, 9.17) is 0 Å². The average Bonchev–Trinajstić information content (AvgIpc) is 2.97. The molecule has 0 aliphatic heterocycles. The van der Waals surface area contributed by atoms with Gasteiger partial charge in [0, 0.05) is 60.4 Å². The zero-order valence-electron chi connectivity index (χ0n) is 20.7. The summed E-state index contributed by atoms with van der Waals surface area (Å²) < 4.78 is 0. The molecule has 2 heterocycles. The van der Waals surface area contributed by atoms with E-state index in [9.17, 15) is 9.59 Å². The summed E-state index contributed by atoms with van der Waals surface area (Å²) in [6, 6.07) is 21.9. The number of carbonyl (C=O) groups is 2. The van der Waals surface area contributed by atoms with E-state index in [0.717, 1.165) is 11.4 Å². The minimum atomic E-state index is -0.175. The van der Waals surface area contributed by atoms with Gasteiger partial charge in [0.25, 0.3) is 0 Å². The molecule has 0 spiro atoms. The van der Waals surface area contributed by atoms with E-state index in [0.29, 0.717) is 59.8 Å². The number of anilines is 2. The molecule has 2 N–H and O–H groups in total. The van der Waals surface area contributed by atoms with Crippen LogP contribution in [0.3, 0.4) is 0 Å². The third-order valence-corrected chi connectivity index (χ3v) is 6.01. The van der Waals surface area contributed by atoms with Gasteiger partial charge in [0.05, 0.1) is 35.6 Å². The summed E-state index contributed by atoms with van der Waals surface area (Å²) in [5.74, 6) is -0.349. The number of fused-ring (bicyclic) bond motifs is 2. The van der Waals surface area contributed by atoms with Gasteiger partial charge in [-0.25, -0.2) is 0 Å². The molecule has 0 saturated heterocycles. The summed E-state index contributed by atoms with van der Waals surface area (Å²) in [5.41, 5.74) is 4.37. The van der Waals surface area contributed by atoms with Gasteiger partial charge in [-0.3, -0.25) is 29.5 Å². The molecule has 1 aliphatic rings. The second kappa shape index (κ2) is 11.8. The number of hydrogen-bond donors (Lipinski definition) is 2. The van der Waals surface area contributed by atoms with Gasteiger partial charge in [0.1, 0.15) is 0 Å².